The number of hydrogen-bond acceptors (Lipinski definition) is 4. The molecule has 4 rings (SSSR count). The number of carbonyl (C=O) groups excluding carboxylic acids is 2. The van der Waals surface area contributed by atoms with Gasteiger partial charge in [0.05, 0.1) is 11.7 Å². The Morgan fingerprint density at radius 1 is 1.14 bits per heavy atom. The summed E-state index contributed by atoms with van der Waals surface area (Å²) < 4.78 is 1.99. The Balaban J connectivity index is 1.71. The highest BCUT2D eigenvalue weighted by atomic mass is 16.2. The molecule has 0 aromatic carbocycles. The maximum Gasteiger partial charge on any atom is 0.274 e. The molecule has 0 aliphatic carbocycles. The molecule has 2 N–H and O–H groups in total. The molecule has 150 valence electrons. The highest BCUT2D eigenvalue weighted by molar-refractivity contribution is 5.94. The van der Waals surface area contributed by atoms with E-state index >= 15 is 0 Å². The van der Waals surface area contributed by atoms with Crippen LogP contribution in [0.3, 0.4) is 0 Å². The smallest absolute Gasteiger partial charge is 0.274 e. The monoisotopic (exact) mass is 383 g/mol. The Kier molecular flexibility index (Phi) is 5.35. The molecule has 0 saturated carbocycles. The lowest BCUT2D eigenvalue weighted by Crippen LogP contribution is -2.40. The van der Waals surface area contributed by atoms with Crippen LogP contribution in [0.2, 0.25) is 0 Å². The summed E-state index contributed by atoms with van der Waals surface area (Å²) in [5, 5.41) is 0. The number of pyridine rings is 1. The van der Waals surface area contributed by atoms with Gasteiger partial charge in [0.1, 0.15) is 5.65 Å². The molecule has 1 unspecified atom stereocenters. The van der Waals surface area contributed by atoms with E-state index in [2.05, 4.69) is 4.90 Å². The van der Waals surface area contributed by atoms with E-state index < -0.39 is 0 Å². The number of carbonyl (C=O) groups is 2. The quantitative estimate of drug-likeness (QED) is 0.876. The second-order valence-corrected chi connectivity index (χ2v) is 8.08. The summed E-state index contributed by atoms with van der Waals surface area (Å²) in [4.78, 5) is 33.9. The van der Waals surface area contributed by atoms with Crippen LogP contribution in [0.4, 0.5) is 0 Å². The van der Waals surface area contributed by atoms with E-state index in [0.717, 1.165) is 62.2 Å². The van der Waals surface area contributed by atoms with Gasteiger partial charge < -0.3 is 15.0 Å². The Labute approximate surface area is 165 Å². The van der Waals surface area contributed by atoms with E-state index in [9.17, 15) is 9.59 Å². The van der Waals surface area contributed by atoms with Gasteiger partial charge in [-0.1, -0.05) is 12.8 Å². The molecule has 2 aromatic rings. The molecule has 0 bridgehead atoms. The van der Waals surface area contributed by atoms with Crippen LogP contribution in [0.1, 0.15) is 60.3 Å². The predicted molar refractivity (Wildman–Crippen MR) is 107 cm³/mol. The largest absolute Gasteiger partial charge is 0.368 e. The molecule has 7 heteroatoms. The van der Waals surface area contributed by atoms with Gasteiger partial charge in [-0.25, -0.2) is 4.98 Å². The lowest BCUT2D eigenvalue weighted by Gasteiger charge is -2.23. The van der Waals surface area contributed by atoms with Gasteiger partial charge in [-0.05, 0) is 56.8 Å². The average molecular weight is 383 g/mol. The molecule has 7 nitrogen and oxygen atoms in total. The molecule has 2 fully saturated rings. The van der Waals surface area contributed by atoms with Crippen LogP contribution in [0.25, 0.3) is 5.65 Å². The molecule has 0 radical (unpaired) electrons. The highest BCUT2D eigenvalue weighted by Crippen LogP contribution is 2.24. The number of rotatable bonds is 4. The molecule has 2 aliphatic heterocycles. The van der Waals surface area contributed by atoms with Crippen molar-refractivity contribution in [2.24, 2.45) is 5.73 Å². The average Bonchev–Trinajstić information content (AvgIpc) is 3.16. The van der Waals surface area contributed by atoms with Crippen molar-refractivity contribution in [3.8, 4) is 0 Å². The van der Waals surface area contributed by atoms with Crippen LogP contribution >= 0.6 is 0 Å². The van der Waals surface area contributed by atoms with Crippen molar-refractivity contribution in [2.45, 2.75) is 58.0 Å². The van der Waals surface area contributed by atoms with Crippen LogP contribution in [0, 0.1) is 6.92 Å². The SMILES string of the molecule is Cc1ccn2c(CN3CCCC3C(N)=O)c(C(=O)N3CCCCCC3)nc2c1. The van der Waals surface area contributed by atoms with E-state index in [0.29, 0.717) is 12.2 Å². The number of aryl methyl sites for hydroxylation is 1. The van der Waals surface area contributed by atoms with E-state index in [1.54, 1.807) is 0 Å². The summed E-state index contributed by atoms with van der Waals surface area (Å²) in [7, 11) is 0. The van der Waals surface area contributed by atoms with E-state index in [1.807, 2.05) is 34.6 Å². The standard InChI is InChI=1S/C21H29N5O2/c1-15-8-12-26-17(14-25-11-6-7-16(25)20(22)27)19(23-18(26)13-15)21(28)24-9-4-2-3-5-10-24/h8,12-13,16H,2-7,9-11,14H2,1H3,(H2,22,27). The molecule has 2 saturated heterocycles. The zero-order chi connectivity index (χ0) is 19.7. The minimum absolute atomic E-state index is 0.00748. The molecule has 2 aromatic heterocycles. The summed E-state index contributed by atoms with van der Waals surface area (Å²) in [5.74, 6) is -0.282. The summed E-state index contributed by atoms with van der Waals surface area (Å²) in [6.07, 6.45) is 8.14. The van der Waals surface area contributed by atoms with Gasteiger partial charge in [0.25, 0.3) is 5.91 Å². The second-order valence-electron chi connectivity index (χ2n) is 8.08. The maximum atomic E-state index is 13.4. The van der Waals surface area contributed by atoms with Gasteiger partial charge in [-0.15, -0.1) is 0 Å². The molecule has 0 spiro atoms. The van der Waals surface area contributed by atoms with Gasteiger partial charge >= 0.3 is 0 Å². The van der Waals surface area contributed by atoms with Crippen LogP contribution < -0.4 is 5.73 Å². The van der Waals surface area contributed by atoms with Crippen LogP contribution in [-0.2, 0) is 11.3 Å². The van der Waals surface area contributed by atoms with Crippen LogP contribution in [-0.4, -0.2) is 56.7 Å². The second kappa shape index (κ2) is 7.91. The fraction of sp³-hybridized carbons (Fsp3) is 0.571. The third-order valence-corrected chi connectivity index (χ3v) is 6.02. The van der Waals surface area contributed by atoms with E-state index in [-0.39, 0.29) is 17.9 Å². The van der Waals surface area contributed by atoms with Crippen molar-refractivity contribution in [3.05, 3.63) is 35.3 Å². The van der Waals surface area contributed by atoms with Gasteiger partial charge in [-0.2, -0.15) is 0 Å². The number of likely N-dealkylation sites (tertiary alicyclic amines) is 2. The fourth-order valence-electron chi connectivity index (χ4n) is 4.47. The minimum atomic E-state index is -0.289. The normalized spacial score (nSPS) is 21.2. The molecule has 4 heterocycles. The van der Waals surface area contributed by atoms with E-state index in [1.165, 1.54) is 12.8 Å². The molecule has 1 atom stereocenters. The highest BCUT2D eigenvalue weighted by Gasteiger charge is 2.32. The summed E-state index contributed by atoms with van der Waals surface area (Å²) in [6, 6.07) is 3.75. The number of nitrogens with two attached hydrogens (primary N) is 1. The maximum absolute atomic E-state index is 13.4. The number of primary amides is 1. The fourth-order valence-corrected chi connectivity index (χ4v) is 4.47. The predicted octanol–water partition coefficient (Wildman–Crippen LogP) is 2.11. The van der Waals surface area contributed by atoms with Crippen LogP contribution in [0.5, 0.6) is 0 Å². The molecular formula is C21H29N5O2. The molecule has 28 heavy (non-hydrogen) atoms. The number of fused-ring (bicyclic) bond motifs is 1. The Morgan fingerprint density at radius 3 is 2.61 bits per heavy atom. The lowest BCUT2D eigenvalue weighted by molar-refractivity contribution is -0.122. The Morgan fingerprint density at radius 2 is 1.89 bits per heavy atom. The topological polar surface area (TPSA) is 83.9 Å². The first-order valence-electron chi connectivity index (χ1n) is 10.3. The van der Waals surface area contributed by atoms with Crippen molar-refractivity contribution in [2.75, 3.05) is 19.6 Å². The van der Waals surface area contributed by atoms with Crippen molar-refractivity contribution < 1.29 is 9.59 Å². The summed E-state index contributed by atoms with van der Waals surface area (Å²) in [5.41, 5.74) is 8.86. The number of amides is 2. The zero-order valence-electron chi connectivity index (χ0n) is 16.6. The first-order valence-corrected chi connectivity index (χ1v) is 10.3. The number of aromatic nitrogens is 2. The van der Waals surface area contributed by atoms with E-state index in [4.69, 9.17) is 10.7 Å². The zero-order valence-corrected chi connectivity index (χ0v) is 16.6. The van der Waals surface area contributed by atoms with Crippen molar-refractivity contribution in [1.82, 2.24) is 19.2 Å². The summed E-state index contributed by atoms with van der Waals surface area (Å²) >= 11 is 0. The number of hydrogen-bond donors (Lipinski definition) is 1. The summed E-state index contributed by atoms with van der Waals surface area (Å²) in [6.45, 7) is 4.92. The number of nitrogens with zero attached hydrogens (tertiary/aromatic N) is 4. The van der Waals surface area contributed by atoms with Crippen LogP contribution in [0.15, 0.2) is 18.3 Å². The minimum Gasteiger partial charge on any atom is -0.368 e. The van der Waals surface area contributed by atoms with Gasteiger partial charge in [-0.3, -0.25) is 14.5 Å². The number of imidazole rings is 1. The van der Waals surface area contributed by atoms with Crippen molar-refractivity contribution in [1.29, 1.82) is 0 Å². The third-order valence-electron chi connectivity index (χ3n) is 6.02. The van der Waals surface area contributed by atoms with Gasteiger partial charge in [0, 0.05) is 25.8 Å². The lowest BCUT2D eigenvalue weighted by atomic mass is 10.2. The Hall–Kier alpha value is -2.41. The third kappa shape index (κ3) is 3.63. The van der Waals surface area contributed by atoms with Crippen molar-refractivity contribution in [3.63, 3.8) is 0 Å². The molecular weight excluding hydrogens is 354 g/mol. The van der Waals surface area contributed by atoms with Crippen molar-refractivity contribution >= 4 is 17.5 Å². The molecule has 2 amide bonds. The van der Waals surface area contributed by atoms with Gasteiger partial charge in [0.15, 0.2) is 5.69 Å². The molecule has 2 aliphatic rings. The Bertz CT molecular complexity index is 882. The first-order chi connectivity index (χ1) is 13.5. The van der Waals surface area contributed by atoms with Gasteiger partial charge in [0.2, 0.25) is 5.91 Å². The first kappa shape index (κ1) is 18.9.